The zero-order chi connectivity index (χ0) is 41.7. The summed E-state index contributed by atoms with van der Waals surface area (Å²) in [4.78, 5) is 15.5. The highest BCUT2D eigenvalue weighted by Gasteiger charge is 2.38. The van der Waals surface area contributed by atoms with Gasteiger partial charge in [0.2, 0.25) is 0 Å². The Labute approximate surface area is 362 Å². The molecule has 2 aliphatic rings. The smallest absolute Gasteiger partial charge is 0.164 e. The number of fused-ring (bicyclic) bond motifs is 9. The second-order valence-corrected chi connectivity index (χ2v) is 18.7. The molecule has 8 aromatic carbocycles. The first-order chi connectivity index (χ1) is 30.2. The fourth-order valence-electron chi connectivity index (χ4n) is 10.6. The first-order valence-corrected chi connectivity index (χ1v) is 21.9. The lowest BCUT2D eigenvalue weighted by molar-refractivity contribution is 0.332. The van der Waals surface area contributed by atoms with Gasteiger partial charge in [-0.15, -0.1) is 0 Å². The molecule has 0 fully saturated rings. The third-order valence-electron chi connectivity index (χ3n) is 14.0. The van der Waals surface area contributed by atoms with Crippen molar-refractivity contribution in [3.63, 3.8) is 0 Å². The molecule has 1 atom stereocenters. The molecule has 0 spiro atoms. The maximum absolute atomic E-state index is 5.25. The molecule has 1 unspecified atom stereocenters. The molecule has 0 amide bonds. The summed E-state index contributed by atoms with van der Waals surface area (Å²) in [6, 6.07) is 63.9. The Balaban J connectivity index is 1.01. The van der Waals surface area contributed by atoms with Crippen LogP contribution in [0.5, 0.6) is 0 Å². The number of hydrogen-bond donors (Lipinski definition) is 0. The SMILES string of the molecule is CC1(C)CCC(C)(C)c2cc3c(cc21)c1c2ccccc2ccc1n3-c1ccc(-c2nc(-c3ccccc3)nc(-c3ccc4c(c3)C(c3ccccc3)c3ccccc3-4)n2)cc1. The Kier molecular flexibility index (Phi) is 8.08. The van der Waals surface area contributed by atoms with Crippen LogP contribution < -0.4 is 0 Å². The van der Waals surface area contributed by atoms with E-state index in [0.717, 1.165) is 22.4 Å². The summed E-state index contributed by atoms with van der Waals surface area (Å²) in [5, 5.41) is 5.17. The average Bonchev–Trinajstić information content (AvgIpc) is 3.83. The van der Waals surface area contributed by atoms with Crippen LogP contribution in [0.4, 0.5) is 0 Å². The van der Waals surface area contributed by atoms with Crippen LogP contribution in [-0.4, -0.2) is 19.5 Å². The summed E-state index contributed by atoms with van der Waals surface area (Å²) in [6.07, 6.45) is 2.35. The summed E-state index contributed by atoms with van der Waals surface area (Å²) < 4.78 is 2.47. The van der Waals surface area contributed by atoms with E-state index >= 15 is 0 Å². The van der Waals surface area contributed by atoms with Gasteiger partial charge in [0.05, 0.1) is 11.0 Å². The van der Waals surface area contributed by atoms with Crippen LogP contribution in [0, 0.1) is 0 Å². The van der Waals surface area contributed by atoms with Gasteiger partial charge in [-0.3, -0.25) is 0 Å². The van der Waals surface area contributed by atoms with E-state index in [4.69, 9.17) is 15.0 Å². The third kappa shape index (κ3) is 5.70. The van der Waals surface area contributed by atoms with E-state index in [0.29, 0.717) is 17.5 Å². The number of benzene rings is 8. The fraction of sp³-hybridized carbons (Fsp3) is 0.155. The maximum Gasteiger partial charge on any atom is 0.164 e. The molecule has 10 aromatic rings. The van der Waals surface area contributed by atoms with Crippen molar-refractivity contribution in [1.29, 1.82) is 0 Å². The Hall–Kier alpha value is -7.17. The second kappa shape index (κ2) is 13.7. The molecule has 298 valence electrons. The van der Waals surface area contributed by atoms with E-state index in [1.54, 1.807) is 0 Å². The molecule has 0 aliphatic heterocycles. The normalized spacial score (nSPS) is 16.0. The maximum atomic E-state index is 5.25. The van der Waals surface area contributed by atoms with Gasteiger partial charge in [-0.1, -0.05) is 155 Å². The summed E-state index contributed by atoms with van der Waals surface area (Å²) in [5.41, 5.74) is 16.0. The Morgan fingerprint density at radius 1 is 0.452 bits per heavy atom. The van der Waals surface area contributed by atoms with Crippen LogP contribution >= 0.6 is 0 Å². The molecule has 0 bridgehead atoms. The molecular weight excluding hydrogens is 753 g/mol. The zero-order valence-corrected chi connectivity index (χ0v) is 35.5. The quantitative estimate of drug-likeness (QED) is 0.174. The molecular formula is C58H46N4. The lowest BCUT2D eigenvalue weighted by Crippen LogP contribution is -2.33. The predicted octanol–water partition coefficient (Wildman–Crippen LogP) is 14.6. The first-order valence-electron chi connectivity index (χ1n) is 21.9. The fourth-order valence-corrected chi connectivity index (χ4v) is 10.6. The highest BCUT2D eigenvalue weighted by molar-refractivity contribution is 6.21. The van der Waals surface area contributed by atoms with Gasteiger partial charge in [0.25, 0.3) is 0 Å². The Morgan fingerprint density at radius 3 is 1.77 bits per heavy atom. The van der Waals surface area contributed by atoms with Gasteiger partial charge in [-0.05, 0) is 122 Å². The van der Waals surface area contributed by atoms with Crippen molar-refractivity contribution in [2.75, 3.05) is 0 Å². The lowest BCUT2D eigenvalue weighted by atomic mass is 9.63. The third-order valence-corrected chi connectivity index (χ3v) is 14.0. The van der Waals surface area contributed by atoms with Gasteiger partial charge in [0.1, 0.15) is 0 Å². The minimum atomic E-state index is 0.0877. The molecule has 0 radical (unpaired) electrons. The van der Waals surface area contributed by atoms with Crippen LogP contribution in [0.25, 0.3) is 83.6 Å². The summed E-state index contributed by atoms with van der Waals surface area (Å²) >= 11 is 0. The molecule has 0 saturated carbocycles. The van der Waals surface area contributed by atoms with Crippen molar-refractivity contribution >= 4 is 32.6 Å². The van der Waals surface area contributed by atoms with Crippen LogP contribution in [0.1, 0.15) is 74.3 Å². The molecule has 0 saturated heterocycles. The molecule has 0 N–H and O–H groups in total. The van der Waals surface area contributed by atoms with Crippen molar-refractivity contribution in [3.8, 4) is 51.0 Å². The molecule has 4 nitrogen and oxygen atoms in total. The monoisotopic (exact) mass is 798 g/mol. The van der Waals surface area contributed by atoms with Gasteiger partial charge in [0, 0.05) is 39.1 Å². The minimum absolute atomic E-state index is 0.0877. The van der Waals surface area contributed by atoms with Gasteiger partial charge < -0.3 is 4.57 Å². The zero-order valence-electron chi connectivity index (χ0n) is 35.5. The number of hydrogen-bond acceptors (Lipinski definition) is 3. The van der Waals surface area contributed by atoms with Crippen molar-refractivity contribution in [3.05, 3.63) is 204 Å². The number of aromatic nitrogens is 4. The number of rotatable bonds is 5. The summed E-state index contributed by atoms with van der Waals surface area (Å²) in [6.45, 7) is 9.67. The number of nitrogens with zero attached hydrogens (tertiary/aromatic N) is 4. The van der Waals surface area contributed by atoms with Gasteiger partial charge in [0.15, 0.2) is 17.5 Å². The van der Waals surface area contributed by atoms with Crippen LogP contribution in [0.2, 0.25) is 0 Å². The summed E-state index contributed by atoms with van der Waals surface area (Å²) in [5.74, 6) is 2.09. The first kappa shape index (κ1) is 36.7. The molecule has 2 aliphatic carbocycles. The van der Waals surface area contributed by atoms with Gasteiger partial charge in [-0.25, -0.2) is 15.0 Å². The Morgan fingerprint density at radius 2 is 1.03 bits per heavy atom. The van der Waals surface area contributed by atoms with Crippen LogP contribution in [0.15, 0.2) is 176 Å². The van der Waals surface area contributed by atoms with Crippen molar-refractivity contribution < 1.29 is 0 Å². The molecule has 12 rings (SSSR count). The van der Waals surface area contributed by atoms with E-state index in [9.17, 15) is 0 Å². The molecule has 62 heavy (non-hydrogen) atoms. The summed E-state index contributed by atoms with van der Waals surface area (Å²) in [7, 11) is 0. The predicted molar refractivity (Wildman–Crippen MR) is 256 cm³/mol. The van der Waals surface area contributed by atoms with E-state index in [1.807, 2.05) is 18.2 Å². The van der Waals surface area contributed by atoms with Crippen molar-refractivity contribution in [2.45, 2.75) is 57.3 Å². The topological polar surface area (TPSA) is 43.6 Å². The highest BCUT2D eigenvalue weighted by atomic mass is 15.0. The standard InChI is InChI=1S/C58H46N4/c1-57(2)31-32-58(3,4)49-35-51-47(34-48(49)57)53-42-20-12-11-15-36(42)26-30-50(53)62(51)41-27-23-39(24-28-41)55-59-54(38-18-9-6-10-19-38)60-56(61-55)40-25-29-44-43-21-13-14-22-45(43)52(46(44)33-40)37-16-7-5-8-17-37/h5-30,33-35,52H,31-32H2,1-4H3. The van der Waals surface area contributed by atoms with Gasteiger partial charge >= 0.3 is 0 Å². The largest absolute Gasteiger partial charge is 0.309 e. The molecule has 4 heteroatoms. The second-order valence-electron chi connectivity index (χ2n) is 18.7. The van der Waals surface area contributed by atoms with Crippen molar-refractivity contribution in [1.82, 2.24) is 19.5 Å². The van der Waals surface area contributed by atoms with E-state index in [2.05, 4.69) is 190 Å². The Bertz CT molecular complexity index is 3390. The molecule has 2 aromatic heterocycles. The lowest BCUT2D eigenvalue weighted by Gasteiger charge is -2.42. The minimum Gasteiger partial charge on any atom is -0.309 e. The average molecular weight is 799 g/mol. The van der Waals surface area contributed by atoms with Crippen molar-refractivity contribution in [2.24, 2.45) is 0 Å². The van der Waals surface area contributed by atoms with Crippen LogP contribution in [-0.2, 0) is 10.8 Å². The molecule has 2 heterocycles. The van der Waals surface area contributed by atoms with E-state index < -0.39 is 0 Å². The van der Waals surface area contributed by atoms with Gasteiger partial charge in [-0.2, -0.15) is 0 Å². The van der Waals surface area contributed by atoms with E-state index in [-0.39, 0.29) is 16.7 Å². The van der Waals surface area contributed by atoms with E-state index in [1.165, 1.54) is 84.4 Å². The van der Waals surface area contributed by atoms with Crippen LogP contribution in [0.3, 0.4) is 0 Å². The highest BCUT2D eigenvalue weighted by Crippen LogP contribution is 2.51.